The maximum absolute atomic E-state index is 12.2. The molecule has 0 saturated heterocycles. The standard InChI is InChI=1S/C27H23N2S2.C15H28O2.Ir/c1-15-13-30-21-10-9-19-23-24(28-14-29-26(23)31-25(19)22(15)21)17-11-16-7-5-6-8-18(16)20(12-17)27(2,3)4;1-7-14(5,8-2)12(16)11-13(17)15(6,9-3)10-4;/h5-10,12-14,19,25H,1-4H3;11,16H,7-10H2,1-6H3;/q-1;;/b;12-11-;. The number of carbonyl (C=O) groups is 1. The molecule has 4 aromatic rings. The van der Waals surface area contributed by atoms with Gasteiger partial charge in [0.1, 0.15) is 12.1 Å². The van der Waals surface area contributed by atoms with E-state index >= 15 is 0 Å². The van der Waals surface area contributed by atoms with E-state index in [2.05, 4.69) is 81.6 Å². The van der Waals surface area contributed by atoms with Crippen LogP contribution in [-0.4, -0.2) is 20.9 Å². The molecule has 0 bridgehead atoms. The van der Waals surface area contributed by atoms with Gasteiger partial charge in [0, 0.05) is 58.8 Å². The number of thioether (sulfide) groups is 1. The quantitative estimate of drug-likeness (QED) is 0.0827. The average Bonchev–Trinajstić information content (AvgIpc) is 3.66. The maximum Gasteiger partial charge on any atom is 0.164 e. The SMILES string of the molecule is CCC(C)(CC)C(=O)/C=C(\O)C(C)(CC)CC.Cc1csc2c1C1Sc3ncnc(-c4[c-]c5ccccc5c(C(C)(C)C)c4)c3C1C=C2.[Ir]. The van der Waals surface area contributed by atoms with E-state index in [4.69, 9.17) is 9.97 Å². The van der Waals surface area contributed by atoms with E-state index in [1.807, 2.05) is 64.6 Å². The van der Waals surface area contributed by atoms with Gasteiger partial charge in [-0.05, 0) is 66.2 Å². The maximum atomic E-state index is 12.2. The van der Waals surface area contributed by atoms with Gasteiger partial charge in [-0.1, -0.05) is 109 Å². The third kappa shape index (κ3) is 7.56. The summed E-state index contributed by atoms with van der Waals surface area (Å²) in [7, 11) is 0. The minimum absolute atomic E-state index is 0. The fourth-order valence-electron chi connectivity index (χ4n) is 6.59. The molecule has 0 spiro atoms. The molecule has 1 radical (unpaired) electrons. The zero-order valence-electron chi connectivity index (χ0n) is 30.7. The van der Waals surface area contributed by atoms with Gasteiger partial charge >= 0.3 is 0 Å². The van der Waals surface area contributed by atoms with Crippen molar-refractivity contribution in [1.82, 2.24) is 9.97 Å². The Labute approximate surface area is 315 Å². The van der Waals surface area contributed by atoms with E-state index in [9.17, 15) is 9.90 Å². The molecule has 6 rings (SSSR count). The number of hydrogen-bond donors (Lipinski definition) is 1. The molecule has 0 saturated carbocycles. The molecule has 49 heavy (non-hydrogen) atoms. The number of ketones is 1. The van der Waals surface area contributed by atoms with Gasteiger partial charge < -0.3 is 5.11 Å². The van der Waals surface area contributed by atoms with Crippen LogP contribution >= 0.6 is 23.1 Å². The number of aromatic nitrogens is 2. The molecule has 2 atom stereocenters. The molecule has 2 aliphatic rings. The average molecular weight is 872 g/mol. The normalized spacial score (nSPS) is 17.1. The first-order chi connectivity index (χ1) is 22.7. The van der Waals surface area contributed by atoms with Gasteiger partial charge in [-0.3, -0.25) is 9.78 Å². The van der Waals surface area contributed by atoms with Crippen LogP contribution in [0.4, 0.5) is 0 Å². The summed E-state index contributed by atoms with van der Waals surface area (Å²) in [6.45, 7) is 21.1. The second-order valence-electron chi connectivity index (χ2n) is 14.9. The van der Waals surface area contributed by atoms with Gasteiger partial charge in [0.15, 0.2) is 5.78 Å². The molecule has 7 heteroatoms. The summed E-state index contributed by atoms with van der Waals surface area (Å²) in [6.07, 6.45) is 11.1. The Hall–Kier alpha value is -2.57. The summed E-state index contributed by atoms with van der Waals surface area (Å²) >= 11 is 3.74. The summed E-state index contributed by atoms with van der Waals surface area (Å²) < 4.78 is 0. The van der Waals surface area contributed by atoms with Gasteiger partial charge in [0.05, 0.1) is 5.03 Å². The van der Waals surface area contributed by atoms with Gasteiger partial charge in [0.2, 0.25) is 0 Å². The number of thiophene rings is 1. The molecule has 1 N–H and O–H groups in total. The topological polar surface area (TPSA) is 63.1 Å². The summed E-state index contributed by atoms with van der Waals surface area (Å²) in [5, 5.41) is 16.3. The van der Waals surface area contributed by atoms with Crippen LogP contribution in [-0.2, 0) is 30.3 Å². The van der Waals surface area contributed by atoms with E-state index in [1.165, 1.54) is 38.6 Å². The number of carbonyl (C=O) groups excluding carboxylic acids is 1. The van der Waals surface area contributed by atoms with Crippen LogP contribution < -0.4 is 0 Å². The number of aliphatic hydroxyl groups excluding tert-OH is 1. The Morgan fingerprint density at radius 1 is 0.959 bits per heavy atom. The third-order valence-electron chi connectivity index (χ3n) is 11.0. The van der Waals surface area contributed by atoms with E-state index < -0.39 is 0 Å². The Morgan fingerprint density at radius 2 is 1.61 bits per heavy atom. The molecule has 263 valence electrons. The number of nitrogens with zero attached hydrogens (tertiary/aromatic N) is 2. The zero-order valence-corrected chi connectivity index (χ0v) is 34.7. The molecule has 1 aliphatic heterocycles. The number of allylic oxidation sites excluding steroid dienone is 3. The summed E-state index contributed by atoms with van der Waals surface area (Å²) in [5.74, 6) is 0.587. The Morgan fingerprint density at radius 3 is 2.24 bits per heavy atom. The Bertz CT molecular complexity index is 1880. The van der Waals surface area contributed by atoms with Crippen LogP contribution in [0.15, 0.2) is 65.0 Å². The van der Waals surface area contributed by atoms with E-state index in [0.29, 0.717) is 11.2 Å². The van der Waals surface area contributed by atoms with Gasteiger partial charge in [0.25, 0.3) is 0 Å². The predicted molar refractivity (Wildman–Crippen MR) is 205 cm³/mol. The fourth-order valence-corrected chi connectivity index (χ4v) is 9.18. The van der Waals surface area contributed by atoms with Gasteiger partial charge in [-0.2, -0.15) is 0 Å². The molecule has 0 amide bonds. The first-order valence-corrected chi connectivity index (χ1v) is 19.2. The van der Waals surface area contributed by atoms with Crippen molar-refractivity contribution in [3.8, 4) is 11.3 Å². The van der Waals surface area contributed by atoms with Crippen LogP contribution in [0.1, 0.15) is 126 Å². The Kier molecular flexibility index (Phi) is 12.3. The monoisotopic (exact) mass is 872 g/mol. The van der Waals surface area contributed by atoms with Crippen molar-refractivity contribution in [2.75, 3.05) is 0 Å². The molecule has 4 nitrogen and oxygen atoms in total. The number of rotatable bonds is 8. The minimum Gasteiger partial charge on any atom is -0.512 e. The second-order valence-corrected chi connectivity index (χ2v) is 16.9. The summed E-state index contributed by atoms with van der Waals surface area (Å²) in [5.41, 5.74) is 6.99. The first-order valence-electron chi connectivity index (χ1n) is 17.4. The zero-order chi connectivity index (χ0) is 35.0. The molecule has 1 aliphatic carbocycles. The largest absolute Gasteiger partial charge is 0.512 e. The molecule has 2 unspecified atom stereocenters. The van der Waals surface area contributed by atoms with Crippen molar-refractivity contribution in [2.24, 2.45) is 10.8 Å². The van der Waals surface area contributed by atoms with Gasteiger partial charge in [-0.15, -0.1) is 40.5 Å². The molecular formula is C42H51IrN2O2S2-. The van der Waals surface area contributed by atoms with E-state index in [-0.39, 0.29) is 47.9 Å². The third-order valence-corrected chi connectivity index (χ3v) is 13.4. The molecule has 2 aromatic heterocycles. The molecule has 2 aromatic carbocycles. The van der Waals surface area contributed by atoms with Crippen LogP contribution in [0.25, 0.3) is 28.1 Å². The number of benzene rings is 2. The van der Waals surface area contributed by atoms with E-state index in [0.717, 1.165) is 47.4 Å². The van der Waals surface area contributed by atoms with Crippen LogP contribution in [0.5, 0.6) is 0 Å². The summed E-state index contributed by atoms with van der Waals surface area (Å²) in [6, 6.07) is 14.6. The molecule has 0 fully saturated rings. The van der Waals surface area contributed by atoms with Crippen LogP contribution in [0.2, 0.25) is 0 Å². The smallest absolute Gasteiger partial charge is 0.164 e. The summed E-state index contributed by atoms with van der Waals surface area (Å²) in [4.78, 5) is 23.1. The second kappa shape index (κ2) is 15.4. The fraction of sp³-hybridized carbons (Fsp3) is 0.452. The van der Waals surface area contributed by atoms with Crippen LogP contribution in [0, 0.1) is 23.8 Å². The first kappa shape index (κ1) is 39.2. The van der Waals surface area contributed by atoms with Crippen molar-refractivity contribution in [2.45, 2.75) is 117 Å². The van der Waals surface area contributed by atoms with E-state index in [1.54, 1.807) is 6.33 Å². The van der Waals surface area contributed by atoms with Crippen molar-refractivity contribution in [1.29, 1.82) is 0 Å². The molecule has 3 heterocycles. The number of fused-ring (bicyclic) bond motifs is 6. The van der Waals surface area contributed by atoms with Gasteiger partial charge in [-0.25, -0.2) is 4.98 Å². The minimum atomic E-state index is -0.337. The van der Waals surface area contributed by atoms with Crippen molar-refractivity contribution >= 4 is 45.7 Å². The number of aliphatic hydroxyl groups is 1. The number of hydrogen-bond acceptors (Lipinski definition) is 6. The van der Waals surface area contributed by atoms with Crippen molar-refractivity contribution in [3.05, 3.63) is 93.1 Å². The number of aryl methyl sites for hydroxylation is 1. The predicted octanol–water partition coefficient (Wildman–Crippen LogP) is 12.4. The Balaban J connectivity index is 0.000000260. The van der Waals surface area contributed by atoms with Crippen molar-refractivity contribution in [3.63, 3.8) is 0 Å². The molecular weight excluding hydrogens is 821 g/mol. The van der Waals surface area contributed by atoms with Crippen LogP contribution in [0.3, 0.4) is 0 Å². The van der Waals surface area contributed by atoms with Crippen molar-refractivity contribution < 1.29 is 30.0 Å².